The standard InChI is InChI=1S/C15H21NO4/c1-3-19-15(17)14(16-18)9-4-5-10-20-13-8-6-7-12(2)11-13/h6-8,11,18H,3-5,9-10H2,1-2H3/b16-14+. The van der Waals surface area contributed by atoms with Crippen molar-refractivity contribution in [1.82, 2.24) is 0 Å². The number of rotatable bonds is 8. The van der Waals surface area contributed by atoms with Crippen molar-refractivity contribution in [3.63, 3.8) is 0 Å². The van der Waals surface area contributed by atoms with E-state index in [9.17, 15) is 4.79 Å². The van der Waals surface area contributed by atoms with E-state index in [0.717, 1.165) is 17.7 Å². The first-order chi connectivity index (χ1) is 9.67. The summed E-state index contributed by atoms with van der Waals surface area (Å²) in [5.74, 6) is 0.279. The van der Waals surface area contributed by atoms with E-state index in [1.807, 2.05) is 31.2 Å². The van der Waals surface area contributed by atoms with Crippen molar-refractivity contribution < 1.29 is 19.5 Å². The van der Waals surface area contributed by atoms with Crippen LogP contribution in [0, 0.1) is 6.92 Å². The van der Waals surface area contributed by atoms with E-state index in [1.54, 1.807) is 6.92 Å². The molecule has 1 rings (SSSR count). The third kappa shape index (κ3) is 5.73. The van der Waals surface area contributed by atoms with E-state index in [0.29, 0.717) is 19.4 Å². The smallest absolute Gasteiger partial charge is 0.356 e. The third-order valence-corrected chi connectivity index (χ3v) is 2.70. The second kappa shape index (κ2) is 8.96. The van der Waals surface area contributed by atoms with E-state index in [-0.39, 0.29) is 12.3 Å². The number of aryl methyl sites for hydroxylation is 1. The van der Waals surface area contributed by atoms with Gasteiger partial charge >= 0.3 is 5.97 Å². The molecular formula is C15H21NO4. The molecule has 1 aromatic rings. The van der Waals surface area contributed by atoms with Gasteiger partial charge in [-0.1, -0.05) is 17.3 Å². The predicted octanol–water partition coefficient (Wildman–Crippen LogP) is 2.94. The lowest BCUT2D eigenvalue weighted by Crippen LogP contribution is -2.17. The molecule has 20 heavy (non-hydrogen) atoms. The largest absolute Gasteiger partial charge is 0.494 e. The minimum Gasteiger partial charge on any atom is -0.494 e. The fourth-order valence-corrected chi connectivity index (χ4v) is 1.70. The summed E-state index contributed by atoms with van der Waals surface area (Å²) in [6.07, 6.45) is 1.85. The zero-order chi connectivity index (χ0) is 14.8. The van der Waals surface area contributed by atoms with Gasteiger partial charge in [-0.3, -0.25) is 0 Å². The van der Waals surface area contributed by atoms with Crippen molar-refractivity contribution in [1.29, 1.82) is 0 Å². The molecule has 5 heteroatoms. The Bertz CT molecular complexity index is 457. The SMILES string of the molecule is CCOC(=O)/C(CCCCOc1cccc(C)c1)=N/O. The molecule has 0 spiro atoms. The number of oxime groups is 1. The highest BCUT2D eigenvalue weighted by molar-refractivity contribution is 6.36. The molecule has 0 atom stereocenters. The molecule has 0 fully saturated rings. The van der Waals surface area contributed by atoms with Gasteiger partial charge < -0.3 is 14.7 Å². The van der Waals surface area contributed by atoms with Crippen LogP contribution in [0.3, 0.4) is 0 Å². The molecule has 0 bridgehead atoms. The summed E-state index contributed by atoms with van der Waals surface area (Å²) in [5, 5.41) is 11.7. The molecule has 0 saturated carbocycles. The normalized spacial score (nSPS) is 11.2. The van der Waals surface area contributed by atoms with Gasteiger partial charge in [0.15, 0.2) is 5.71 Å². The van der Waals surface area contributed by atoms with Crippen molar-refractivity contribution in [2.24, 2.45) is 5.16 Å². The number of carbonyl (C=O) groups excluding carboxylic acids is 1. The molecule has 0 radical (unpaired) electrons. The Balaban J connectivity index is 2.23. The average molecular weight is 279 g/mol. The van der Waals surface area contributed by atoms with Crippen LogP contribution in [-0.4, -0.2) is 30.1 Å². The zero-order valence-electron chi connectivity index (χ0n) is 12.0. The van der Waals surface area contributed by atoms with Crippen LogP contribution in [-0.2, 0) is 9.53 Å². The van der Waals surface area contributed by atoms with Crippen molar-refractivity contribution in [3.05, 3.63) is 29.8 Å². The number of ether oxygens (including phenoxy) is 2. The van der Waals surface area contributed by atoms with Crippen LogP contribution in [0.5, 0.6) is 5.75 Å². The number of carbonyl (C=O) groups is 1. The van der Waals surface area contributed by atoms with Gasteiger partial charge in [-0.15, -0.1) is 0 Å². The maximum absolute atomic E-state index is 11.4. The first kappa shape index (κ1) is 16.0. The van der Waals surface area contributed by atoms with Gasteiger partial charge in [0, 0.05) is 6.42 Å². The van der Waals surface area contributed by atoms with Crippen LogP contribution in [0.25, 0.3) is 0 Å². The van der Waals surface area contributed by atoms with Gasteiger partial charge in [-0.05, 0) is 44.4 Å². The second-order valence-corrected chi connectivity index (χ2v) is 4.39. The number of hydrogen-bond donors (Lipinski definition) is 1. The molecule has 1 aromatic carbocycles. The number of benzene rings is 1. The summed E-state index contributed by atoms with van der Waals surface area (Å²) in [6, 6.07) is 7.84. The summed E-state index contributed by atoms with van der Waals surface area (Å²) in [7, 11) is 0. The quantitative estimate of drug-likeness (QED) is 0.261. The van der Waals surface area contributed by atoms with Gasteiger partial charge in [-0.25, -0.2) is 4.79 Å². The number of hydrogen-bond acceptors (Lipinski definition) is 5. The highest BCUT2D eigenvalue weighted by Crippen LogP contribution is 2.13. The molecule has 110 valence electrons. The monoisotopic (exact) mass is 279 g/mol. The summed E-state index contributed by atoms with van der Waals surface area (Å²) in [6.45, 7) is 4.55. The van der Waals surface area contributed by atoms with Gasteiger partial charge in [0.05, 0.1) is 13.2 Å². The molecule has 0 amide bonds. The predicted molar refractivity (Wildman–Crippen MR) is 76.4 cm³/mol. The Morgan fingerprint density at radius 2 is 2.15 bits per heavy atom. The zero-order valence-corrected chi connectivity index (χ0v) is 12.0. The minimum absolute atomic E-state index is 0.0578. The Labute approximate surface area is 119 Å². The molecule has 1 N–H and O–H groups in total. The van der Waals surface area contributed by atoms with E-state index < -0.39 is 5.97 Å². The van der Waals surface area contributed by atoms with Crippen LogP contribution < -0.4 is 4.74 Å². The van der Waals surface area contributed by atoms with Gasteiger partial charge in [0.2, 0.25) is 0 Å². The lowest BCUT2D eigenvalue weighted by atomic mass is 10.2. The van der Waals surface area contributed by atoms with E-state index in [2.05, 4.69) is 5.16 Å². The second-order valence-electron chi connectivity index (χ2n) is 4.39. The molecule has 0 aliphatic carbocycles. The summed E-state index contributed by atoms with van der Waals surface area (Å²) >= 11 is 0. The number of unbranched alkanes of at least 4 members (excludes halogenated alkanes) is 1. The summed E-state index contributed by atoms with van der Waals surface area (Å²) < 4.78 is 10.4. The first-order valence-electron chi connectivity index (χ1n) is 6.75. The highest BCUT2D eigenvalue weighted by atomic mass is 16.5. The Kier molecular flexibility index (Phi) is 7.17. The van der Waals surface area contributed by atoms with E-state index in [4.69, 9.17) is 14.7 Å². The van der Waals surface area contributed by atoms with Crippen molar-refractivity contribution in [2.45, 2.75) is 33.1 Å². The minimum atomic E-state index is -0.561. The van der Waals surface area contributed by atoms with Crippen LogP contribution >= 0.6 is 0 Å². The van der Waals surface area contributed by atoms with Crippen LogP contribution in [0.1, 0.15) is 31.7 Å². The molecule has 0 aliphatic heterocycles. The highest BCUT2D eigenvalue weighted by Gasteiger charge is 2.12. The van der Waals surface area contributed by atoms with Crippen molar-refractivity contribution in [2.75, 3.05) is 13.2 Å². The molecule has 0 aromatic heterocycles. The third-order valence-electron chi connectivity index (χ3n) is 2.70. The van der Waals surface area contributed by atoms with E-state index in [1.165, 1.54) is 0 Å². The number of esters is 1. The van der Waals surface area contributed by atoms with Gasteiger partial charge in [-0.2, -0.15) is 0 Å². The van der Waals surface area contributed by atoms with Crippen LogP contribution in [0.2, 0.25) is 0 Å². The molecule has 0 unspecified atom stereocenters. The van der Waals surface area contributed by atoms with Crippen LogP contribution in [0.4, 0.5) is 0 Å². The van der Waals surface area contributed by atoms with E-state index >= 15 is 0 Å². The maximum atomic E-state index is 11.4. The summed E-state index contributed by atoms with van der Waals surface area (Å²) in [5.41, 5.74) is 1.21. The molecule has 0 saturated heterocycles. The maximum Gasteiger partial charge on any atom is 0.356 e. The first-order valence-corrected chi connectivity index (χ1v) is 6.75. The molecule has 0 aliphatic rings. The lowest BCUT2D eigenvalue weighted by Gasteiger charge is -2.07. The fraction of sp³-hybridized carbons (Fsp3) is 0.467. The Hall–Kier alpha value is -2.04. The average Bonchev–Trinajstić information content (AvgIpc) is 2.43. The molecule has 0 heterocycles. The van der Waals surface area contributed by atoms with Crippen molar-refractivity contribution in [3.8, 4) is 5.75 Å². The fourth-order valence-electron chi connectivity index (χ4n) is 1.70. The number of nitrogens with zero attached hydrogens (tertiary/aromatic N) is 1. The molecular weight excluding hydrogens is 258 g/mol. The van der Waals surface area contributed by atoms with Gasteiger partial charge in [0.1, 0.15) is 5.75 Å². The lowest BCUT2D eigenvalue weighted by molar-refractivity contribution is -0.135. The molecule has 5 nitrogen and oxygen atoms in total. The van der Waals surface area contributed by atoms with Crippen LogP contribution in [0.15, 0.2) is 29.4 Å². The summed E-state index contributed by atoms with van der Waals surface area (Å²) in [4.78, 5) is 11.4. The topological polar surface area (TPSA) is 68.1 Å². The van der Waals surface area contributed by atoms with Gasteiger partial charge in [0.25, 0.3) is 0 Å². The Morgan fingerprint density at radius 1 is 1.35 bits per heavy atom. The Morgan fingerprint density at radius 3 is 2.80 bits per heavy atom. The van der Waals surface area contributed by atoms with Crippen molar-refractivity contribution >= 4 is 11.7 Å².